The molecule has 1 aromatic heterocycles. The molecule has 2 amide bonds. The summed E-state index contributed by atoms with van der Waals surface area (Å²) in [5, 5.41) is 1.91. The van der Waals surface area contributed by atoms with Crippen LogP contribution in [-0.2, 0) is 29.1 Å². The molecule has 0 aliphatic carbocycles. The van der Waals surface area contributed by atoms with Gasteiger partial charge in [0.2, 0.25) is 0 Å². The molecule has 0 atom stereocenters. The van der Waals surface area contributed by atoms with Gasteiger partial charge in [-0.05, 0) is 46.7 Å². The summed E-state index contributed by atoms with van der Waals surface area (Å²) in [6, 6.07) is 17.9. The third-order valence-electron chi connectivity index (χ3n) is 5.61. The molecule has 2 aromatic carbocycles. The molecule has 0 saturated heterocycles. The van der Waals surface area contributed by atoms with E-state index in [4.69, 9.17) is 0 Å². The lowest BCUT2D eigenvalue weighted by Crippen LogP contribution is -2.37. The van der Waals surface area contributed by atoms with E-state index in [1.807, 2.05) is 34.5 Å². The van der Waals surface area contributed by atoms with Crippen LogP contribution in [0, 0.1) is 5.82 Å². The summed E-state index contributed by atoms with van der Waals surface area (Å²) in [5.74, 6) is -0.921. The molecule has 6 heteroatoms. The molecule has 2 aliphatic heterocycles. The molecule has 0 fully saturated rings. The Hall–Kier alpha value is -3.25. The van der Waals surface area contributed by atoms with Crippen LogP contribution in [0.25, 0.3) is 5.57 Å². The number of thiophene rings is 1. The van der Waals surface area contributed by atoms with Crippen LogP contribution in [0.1, 0.15) is 21.6 Å². The lowest BCUT2D eigenvalue weighted by atomic mass is 9.99. The van der Waals surface area contributed by atoms with Gasteiger partial charge < -0.3 is 4.90 Å². The number of imide groups is 1. The number of carbonyl (C=O) groups excluding carboxylic acids is 2. The van der Waals surface area contributed by atoms with Gasteiger partial charge in [0.1, 0.15) is 11.5 Å². The fourth-order valence-electron chi connectivity index (χ4n) is 4.10. The van der Waals surface area contributed by atoms with E-state index in [1.165, 1.54) is 39.5 Å². The van der Waals surface area contributed by atoms with E-state index >= 15 is 0 Å². The number of rotatable bonds is 4. The zero-order valence-corrected chi connectivity index (χ0v) is 17.0. The van der Waals surface area contributed by atoms with Crippen LogP contribution in [0.5, 0.6) is 0 Å². The van der Waals surface area contributed by atoms with Gasteiger partial charge in [-0.1, -0.05) is 42.5 Å². The van der Waals surface area contributed by atoms with Crippen LogP contribution >= 0.6 is 11.3 Å². The molecule has 0 spiro atoms. The number of halogens is 1. The monoisotopic (exact) mass is 418 g/mol. The van der Waals surface area contributed by atoms with Crippen LogP contribution in [0.3, 0.4) is 0 Å². The molecule has 0 N–H and O–H groups in total. The second-order valence-corrected chi connectivity index (χ2v) is 8.41. The third-order valence-corrected chi connectivity index (χ3v) is 6.50. The van der Waals surface area contributed by atoms with E-state index in [0.29, 0.717) is 29.9 Å². The van der Waals surface area contributed by atoms with Crippen molar-refractivity contribution >= 4 is 28.7 Å². The highest BCUT2D eigenvalue weighted by Crippen LogP contribution is 2.36. The van der Waals surface area contributed by atoms with Gasteiger partial charge in [-0.15, -0.1) is 11.3 Å². The van der Waals surface area contributed by atoms with Crippen molar-refractivity contribution in [1.82, 2.24) is 9.80 Å². The highest BCUT2D eigenvalue weighted by Gasteiger charge is 2.42. The summed E-state index contributed by atoms with van der Waals surface area (Å²) >= 11 is 1.46. The van der Waals surface area contributed by atoms with Crippen molar-refractivity contribution in [3.63, 3.8) is 0 Å². The van der Waals surface area contributed by atoms with Crippen LogP contribution in [0.15, 0.2) is 71.7 Å². The van der Waals surface area contributed by atoms with Crippen molar-refractivity contribution in [2.45, 2.75) is 19.5 Å². The second kappa shape index (κ2) is 7.54. The Morgan fingerprint density at radius 1 is 0.900 bits per heavy atom. The molecule has 0 saturated carbocycles. The minimum atomic E-state index is -0.345. The minimum Gasteiger partial charge on any atom is -0.362 e. The standard InChI is InChI=1S/C24H19FN2O2S/c25-19-9-7-16(8-10-19)14-27-23(28)21(20-6-3-13-30-20)22(24(27)29)26-12-11-17-4-1-2-5-18(17)15-26/h1-10,13H,11-12,14-15H2. The fraction of sp³-hybridized carbons (Fsp3) is 0.167. The van der Waals surface area contributed by atoms with Gasteiger partial charge in [0.05, 0.1) is 12.1 Å². The second-order valence-electron chi connectivity index (χ2n) is 7.46. The quantitative estimate of drug-likeness (QED) is 0.596. The first-order chi connectivity index (χ1) is 14.6. The van der Waals surface area contributed by atoms with Crippen molar-refractivity contribution in [3.05, 3.63) is 99.1 Å². The maximum absolute atomic E-state index is 13.4. The summed E-state index contributed by atoms with van der Waals surface area (Å²) in [6.45, 7) is 1.41. The zero-order valence-electron chi connectivity index (χ0n) is 16.2. The van der Waals surface area contributed by atoms with Crippen molar-refractivity contribution in [1.29, 1.82) is 0 Å². The van der Waals surface area contributed by atoms with Crippen LogP contribution in [0.2, 0.25) is 0 Å². The topological polar surface area (TPSA) is 40.6 Å². The number of hydrogen-bond acceptors (Lipinski definition) is 4. The molecule has 0 unspecified atom stereocenters. The molecule has 2 aliphatic rings. The van der Waals surface area contributed by atoms with Gasteiger partial charge >= 0.3 is 0 Å². The van der Waals surface area contributed by atoms with E-state index in [-0.39, 0.29) is 24.2 Å². The predicted octanol–water partition coefficient (Wildman–Crippen LogP) is 4.23. The number of carbonyl (C=O) groups is 2. The lowest BCUT2D eigenvalue weighted by molar-refractivity contribution is -0.138. The Balaban J connectivity index is 1.52. The van der Waals surface area contributed by atoms with Crippen LogP contribution in [0.4, 0.5) is 4.39 Å². The molecule has 4 nitrogen and oxygen atoms in total. The molecule has 5 rings (SSSR count). The summed E-state index contributed by atoms with van der Waals surface area (Å²) in [7, 11) is 0. The highest BCUT2D eigenvalue weighted by atomic mass is 32.1. The van der Waals surface area contributed by atoms with Crippen LogP contribution < -0.4 is 0 Å². The first-order valence-corrected chi connectivity index (χ1v) is 10.7. The van der Waals surface area contributed by atoms with E-state index in [0.717, 1.165) is 11.3 Å². The summed E-state index contributed by atoms with van der Waals surface area (Å²) < 4.78 is 13.3. The summed E-state index contributed by atoms with van der Waals surface area (Å²) in [4.78, 5) is 30.9. The SMILES string of the molecule is O=C1C(c2cccs2)=C(N2CCc3ccccc3C2)C(=O)N1Cc1ccc(F)cc1. The van der Waals surface area contributed by atoms with Gasteiger partial charge in [0, 0.05) is 18.0 Å². The summed E-state index contributed by atoms with van der Waals surface area (Å²) in [6.07, 6.45) is 0.830. The van der Waals surface area contributed by atoms with Gasteiger partial charge in [0.25, 0.3) is 11.8 Å². The highest BCUT2D eigenvalue weighted by molar-refractivity contribution is 7.11. The third kappa shape index (κ3) is 3.23. The van der Waals surface area contributed by atoms with Crippen molar-refractivity contribution in [2.24, 2.45) is 0 Å². The molecule has 150 valence electrons. The molecule has 3 heterocycles. The molecular formula is C24H19FN2O2S. The Bertz CT molecular complexity index is 1150. The average Bonchev–Trinajstić information content (AvgIpc) is 3.37. The Labute approximate surface area is 177 Å². The van der Waals surface area contributed by atoms with Gasteiger partial charge in [-0.3, -0.25) is 14.5 Å². The van der Waals surface area contributed by atoms with E-state index in [2.05, 4.69) is 12.1 Å². The zero-order chi connectivity index (χ0) is 20.7. The van der Waals surface area contributed by atoms with E-state index in [9.17, 15) is 14.0 Å². The number of nitrogens with zero attached hydrogens (tertiary/aromatic N) is 2. The molecule has 0 bridgehead atoms. The van der Waals surface area contributed by atoms with Gasteiger partial charge in [0.15, 0.2) is 0 Å². The van der Waals surface area contributed by atoms with Crippen LogP contribution in [-0.4, -0.2) is 28.2 Å². The van der Waals surface area contributed by atoms with E-state index in [1.54, 1.807) is 12.1 Å². The molecule has 0 radical (unpaired) electrons. The normalized spacial score (nSPS) is 16.4. The first kappa shape index (κ1) is 18.8. The lowest BCUT2D eigenvalue weighted by Gasteiger charge is -2.31. The number of benzene rings is 2. The number of hydrogen-bond donors (Lipinski definition) is 0. The van der Waals surface area contributed by atoms with Gasteiger partial charge in [-0.2, -0.15) is 0 Å². The predicted molar refractivity (Wildman–Crippen MR) is 114 cm³/mol. The number of amides is 2. The van der Waals surface area contributed by atoms with E-state index < -0.39 is 0 Å². The number of fused-ring (bicyclic) bond motifs is 1. The fourth-order valence-corrected chi connectivity index (χ4v) is 4.86. The van der Waals surface area contributed by atoms with Crippen molar-refractivity contribution < 1.29 is 14.0 Å². The molecule has 3 aromatic rings. The summed E-state index contributed by atoms with van der Waals surface area (Å²) in [5.41, 5.74) is 4.12. The van der Waals surface area contributed by atoms with Crippen molar-refractivity contribution in [3.8, 4) is 0 Å². The Morgan fingerprint density at radius 2 is 1.67 bits per heavy atom. The Morgan fingerprint density at radius 3 is 2.40 bits per heavy atom. The maximum atomic E-state index is 13.4. The van der Waals surface area contributed by atoms with Crippen molar-refractivity contribution in [2.75, 3.05) is 6.54 Å². The largest absolute Gasteiger partial charge is 0.362 e. The molecule has 30 heavy (non-hydrogen) atoms. The average molecular weight is 418 g/mol. The smallest absolute Gasteiger partial charge is 0.278 e. The first-order valence-electron chi connectivity index (χ1n) is 9.82. The minimum absolute atomic E-state index is 0.126. The Kier molecular flexibility index (Phi) is 4.71. The van der Waals surface area contributed by atoms with Gasteiger partial charge in [-0.25, -0.2) is 4.39 Å². The molecular weight excluding hydrogens is 399 g/mol. The maximum Gasteiger partial charge on any atom is 0.278 e.